The van der Waals surface area contributed by atoms with Gasteiger partial charge in [-0.25, -0.2) is 4.68 Å². The van der Waals surface area contributed by atoms with Crippen molar-refractivity contribution in [1.82, 2.24) is 25.6 Å². The number of nitrogens with one attached hydrogen (secondary N) is 2. The molecule has 6 nitrogen and oxygen atoms in total. The molecule has 2 aliphatic rings. The van der Waals surface area contributed by atoms with Gasteiger partial charge in [-0.3, -0.25) is 4.79 Å². The molecule has 1 saturated heterocycles. The van der Waals surface area contributed by atoms with Crippen LogP contribution in [0.4, 0.5) is 0 Å². The number of amides is 1. The average molecular weight is 345 g/mol. The Bertz CT molecular complexity index is 965. The standard InChI is InChI=1S/C20H19N5O/c26-20-19-18(23-24-25(19)17-12-21-11-16(17)22-20)15-9-5-4-8-14(15)10-13-6-2-1-3-7-13/h1-9,16-17,21H,10-12H2,(H,22,26). The Morgan fingerprint density at radius 1 is 1.04 bits per heavy atom. The van der Waals surface area contributed by atoms with E-state index < -0.39 is 0 Å². The number of aromatic nitrogens is 3. The van der Waals surface area contributed by atoms with Gasteiger partial charge in [-0.2, -0.15) is 0 Å². The van der Waals surface area contributed by atoms with Crippen LogP contribution in [0, 0.1) is 0 Å². The zero-order valence-electron chi connectivity index (χ0n) is 14.2. The molecule has 2 unspecified atom stereocenters. The number of carbonyl (C=O) groups excluding carboxylic acids is 1. The van der Waals surface area contributed by atoms with Gasteiger partial charge in [-0.1, -0.05) is 59.8 Å². The predicted molar refractivity (Wildman–Crippen MR) is 97.9 cm³/mol. The van der Waals surface area contributed by atoms with Gasteiger partial charge in [0, 0.05) is 18.7 Å². The van der Waals surface area contributed by atoms with Crippen LogP contribution >= 0.6 is 0 Å². The van der Waals surface area contributed by atoms with Crippen molar-refractivity contribution < 1.29 is 4.79 Å². The predicted octanol–water partition coefficient (Wildman–Crippen LogP) is 1.79. The van der Waals surface area contributed by atoms with Gasteiger partial charge in [0.25, 0.3) is 5.91 Å². The summed E-state index contributed by atoms with van der Waals surface area (Å²) in [7, 11) is 0. The largest absolute Gasteiger partial charge is 0.344 e. The van der Waals surface area contributed by atoms with Gasteiger partial charge in [-0.15, -0.1) is 5.10 Å². The maximum absolute atomic E-state index is 12.7. The second kappa shape index (κ2) is 6.07. The van der Waals surface area contributed by atoms with E-state index in [0.29, 0.717) is 11.4 Å². The maximum atomic E-state index is 12.7. The van der Waals surface area contributed by atoms with Crippen molar-refractivity contribution in [2.75, 3.05) is 13.1 Å². The van der Waals surface area contributed by atoms with E-state index in [9.17, 15) is 4.79 Å². The summed E-state index contributed by atoms with van der Waals surface area (Å²) in [5, 5.41) is 15.2. The van der Waals surface area contributed by atoms with E-state index in [-0.39, 0.29) is 18.0 Å². The zero-order chi connectivity index (χ0) is 17.5. The van der Waals surface area contributed by atoms with Crippen LogP contribution in [-0.2, 0) is 6.42 Å². The molecule has 2 N–H and O–H groups in total. The van der Waals surface area contributed by atoms with Crippen molar-refractivity contribution in [2.24, 2.45) is 0 Å². The Morgan fingerprint density at radius 3 is 2.73 bits per heavy atom. The molecule has 2 atom stereocenters. The summed E-state index contributed by atoms with van der Waals surface area (Å²) < 4.78 is 1.80. The normalized spacial score (nSPS) is 21.2. The molecular weight excluding hydrogens is 326 g/mol. The summed E-state index contributed by atoms with van der Waals surface area (Å²) in [6, 6.07) is 18.7. The number of nitrogens with zero attached hydrogens (tertiary/aromatic N) is 3. The van der Waals surface area contributed by atoms with Crippen LogP contribution in [0.25, 0.3) is 11.3 Å². The first kappa shape index (κ1) is 15.3. The Morgan fingerprint density at radius 2 is 1.85 bits per heavy atom. The summed E-state index contributed by atoms with van der Waals surface area (Å²) in [6.07, 6.45) is 0.790. The first-order valence-corrected chi connectivity index (χ1v) is 8.90. The lowest BCUT2D eigenvalue weighted by Crippen LogP contribution is -2.47. The average Bonchev–Trinajstić information content (AvgIpc) is 3.30. The highest BCUT2D eigenvalue weighted by molar-refractivity contribution is 5.99. The molecule has 0 spiro atoms. The van der Waals surface area contributed by atoms with Crippen LogP contribution in [0.2, 0.25) is 0 Å². The van der Waals surface area contributed by atoms with Crippen molar-refractivity contribution in [1.29, 1.82) is 0 Å². The molecule has 5 rings (SSSR count). The third kappa shape index (κ3) is 2.42. The highest BCUT2D eigenvalue weighted by Gasteiger charge is 2.40. The van der Waals surface area contributed by atoms with Crippen LogP contribution in [0.1, 0.15) is 27.7 Å². The van der Waals surface area contributed by atoms with Crippen molar-refractivity contribution >= 4 is 5.91 Å². The van der Waals surface area contributed by atoms with E-state index in [1.165, 1.54) is 5.56 Å². The molecule has 2 aromatic carbocycles. The topological polar surface area (TPSA) is 71.8 Å². The summed E-state index contributed by atoms with van der Waals surface area (Å²) in [5.74, 6) is -0.0931. The minimum Gasteiger partial charge on any atom is -0.344 e. The monoisotopic (exact) mass is 345 g/mol. The molecule has 0 saturated carbocycles. The van der Waals surface area contributed by atoms with Gasteiger partial charge in [0.15, 0.2) is 5.69 Å². The van der Waals surface area contributed by atoms with E-state index in [1.807, 2.05) is 36.4 Å². The molecule has 3 aromatic rings. The molecule has 1 aromatic heterocycles. The molecule has 0 radical (unpaired) electrons. The van der Waals surface area contributed by atoms with E-state index in [2.05, 4.69) is 39.1 Å². The lowest BCUT2D eigenvalue weighted by molar-refractivity contribution is 0.0889. The van der Waals surface area contributed by atoms with Crippen LogP contribution < -0.4 is 10.6 Å². The first-order chi connectivity index (χ1) is 12.8. The molecule has 1 amide bonds. The Labute approximate surface area is 151 Å². The van der Waals surface area contributed by atoms with Crippen LogP contribution in [0.5, 0.6) is 0 Å². The van der Waals surface area contributed by atoms with Gasteiger partial charge >= 0.3 is 0 Å². The van der Waals surface area contributed by atoms with Crippen molar-refractivity contribution in [3.63, 3.8) is 0 Å². The SMILES string of the molecule is O=C1NC2CNCC2n2nnc(-c3ccccc3Cc3ccccc3)c21. The molecule has 130 valence electrons. The highest BCUT2D eigenvalue weighted by atomic mass is 16.2. The first-order valence-electron chi connectivity index (χ1n) is 8.90. The number of hydrogen-bond acceptors (Lipinski definition) is 4. The number of benzene rings is 2. The summed E-state index contributed by atoms with van der Waals surface area (Å²) >= 11 is 0. The Hall–Kier alpha value is -2.99. The fourth-order valence-corrected chi connectivity index (χ4v) is 3.95. The third-order valence-electron chi connectivity index (χ3n) is 5.23. The minimum atomic E-state index is -0.0931. The zero-order valence-corrected chi connectivity index (χ0v) is 14.2. The molecular formula is C20H19N5O. The molecule has 26 heavy (non-hydrogen) atoms. The Balaban J connectivity index is 1.59. The molecule has 3 heterocycles. The smallest absolute Gasteiger partial charge is 0.272 e. The molecule has 0 bridgehead atoms. The summed E-state index contributed by atoms with van der Waals surface area (Å²) in [6.45, 7) is 1.57. The van der Waals surface area contributed by atoms with Crippen LogP contribution in [-0.4, -0.2) is 40.0 Å². The lowest BCUT2D eigenvalue weighted by Gasteiger charge is -2.26. The summed E-state index contributed by atoms with van der Waals surface area (Å²) in [4.78, 5) is 12.7. The second-order valence-electron chi connectivity index (χ2n) is 6.86. The van der Waals surface area contributed by atoms with Gasteiger partial charge in [0.1, 0.15) is 5.69 Å². The van der Waals surface area contributed by atoms with E-state index in [1.54, 1.807) is 4.68 Å². The number of hydrogen-bond donors (Lipinski definition) is 2. The van der Waals surface area contributed by atoms with Crippen molar-refractivity contribution in [3.05, 3.63) is 71.4 Å². The van der Waals surface area contributed by atoms with Gasteiger partial charge in [0.2, 0.25) is 0 Å². The molecule has 2 aliphatic heterocycles. The van der Waals surface area contributed by atoms with Gasteiger partial charge < -0.3 is 10.6 Å². The van der Waals surface area contributed by atoms with E-state index >= 15 is 0 Å². The highest BCUT2D eigenvalue weighted by Crippen LogP contribution is 2.31. The van der Waals surface area contributed by atoms with E-state index in [4.69, 9.17) is 0 Å². The second-order valence-corrected chi connectivity index (χ2v) is 6.86. The molecule has 1 fully saturated rings. The minimum absolute atomic E-state index is 0.0871. The van der Waals surface area contributed by atoms with Crippen LogP contribution in [0.15, 0.2) is 54.6 Å². The van der Waals surface area contributed by atoms with Gasteiger partial charge in [-0.05, 0) is 17.5 Å². The molecule has 0 aliphatic carbocycles. The fourth-order valence-electron chi connectivity index (χ4n) is 3.95. The van der Waals surface area contributed by atoms with Crippen molar-refractivity contribution in [3.8, 4) is 11.3 Å². The van der Waals surface area contributed by atoms with Crippen molar-refractivity contribution in [2.45, 2.75) is 18.5 Å². The fraction of sp³-hybridized carbons (Fsp3) is 0.250. The quantitative estimate of drug-likeness (QED) is 0.759. The third-order valence-corrected chi connectivity index (χ3v) is 5.23. The number of carbonyl (C=O) groups is 1. The lowest BCUT2D eigenvalue weighted by atomic mass is 9.96. The van der Waals surface area contributed by atoms with Gasteiger partial charge in [0.05, 0.1) is 12.1 Å². The number of rotatable bonds is 3. The summed E-state index contributed by atoms with van der Waals surface area (Å²) in [5.41, 5.74) is 4.57. The maximum Gasteiger partial charge on any atom is 0.272 e. The van der Waals surface area contributed by atoms with Crippen LogP contribution in [0.3, 0.4) is 0 Å². The Kier molecular flexibility index (Phi) is 3.57. The number of fused-ring (bicyclic) bond motifs is 3. The van der Waals surface area contributed by atoms with E-state index in [0.717, 1.165) is 30.6 Å². The molecule has 6 heteroatoms.